The van der Waals surface area contributed by atoms with Gasteiger partial charge in [-0.2, -0.15) is 10.1 Å². The van der Waals surface area contributed by atoms with E-state index in [0.717, 1.165) is 0 Å². The highest BCUT2D eigenvalue weighted by Crippen LogP contribution is 2.22. The number of benzene rings is 1. The second-order valence-electron chi connectivity index (χ2n) is 6.50. The molecule has 0 bridgehead atoms. The average molecular weight is 407 g/mol. The summed E-state index contributed by atoms with van der Waals surface area (Å²) >= 11 is 0. The topological polar surface area (TPSA) is 129 Å². The Kier molecular flexibility index (Phi) is 4.97. The van der Waals surface area contributed by atoms with E-state index < -0.39 is 11.6 Å². The number of hydrogen-bond donors (Lipinski definition) is 1. The quantitative estimate of drug-likeness (QED) is 0.393. The maximum absolute atomic E-state index is 12.7. The fourth-order valence-corrected chi connectivity index (χ4v) is 3.19. The van der Waals surface area contributed by atoms with Crippen LogP contribution in [0.2, 0.25) is 0 Å². The zero-order chi connectivity index (χ0) is 21.3. The van der Waals surface area contributed by atoms with Gasteiger partial charge >= 0.3 is 11.6 Å². The number of nitrogens with one attached hydrogen (secondary N) is 1. The smallest absolute Gasteiger partial charge is 0.341 e. The van der Waals surface area contributed by atoms with Gasteiger partial charge in [0, 0.05) is 41.9 Å². The molecule has 0 unspecified atom stereocenters. The van der Waals surface area contributed by atoms with Crippen LogP contribution in [0.15, 0.2) is 46.0 Å². The van der Waals surface area contributed by atoms with Crippen molar-refractivity contribution >= 4 is 34.3 Å². The van der Waals surface area contributed by atoms with Crippen LogP contribution in [-0.2, 0) is 22.6 Å². The number of nitrogens with zero attached hydrogens (tertiary/aromatic N) is 4. The summed E-state index contributed by atoms with van der Waals surface area (Å²) in [6.45, 7) is 3.13. The van der Waals surface area contributed by atoms with Crippen molar-refractivity contribution in [2.45, 2.75) is 26.9 Å². The summed E-state index contributed by atoms with van der Waals surface area (Å²) in [7, 11) is 0. The monoisotopic (exact) mass is 407 g/mol. The number of rotatable bonds is 5. The molecule has 0 fully saturated rings. The fraction of sp³-hybridized carbons (Fsp3) is 0.200. The standard InChI is InChI=1S/C20H17N5O5/c1-3-16-15(8-21-20-22-10-23-25(16)20)19(28)29-9-12-6-18(27)30-17-7-13(24-11(2)26)4-5-14(12)17/h4-8,10H,3,9H2,1-2H3,(H,24,26). The van der Waals surface area contributed by atoms with Crippen molar-refractivity contribution in [1.29, 1.82) is 0 Å². The number of hydrogen-bond acceptors (Lipinski definition) is 8. The van der Waals surface area contributed by atoms with Crippen LogP contribution in [0.25, 0.3) is 16.7 Å². The predicted octanol–water partition coefficient (Wildman–Crippen LogP) is 2.11. The molecule has 1 N–H and O–H groups in total. The van der Waals surface area contributed by atoms with Crippen molar-refractivity contribution < 1.29 is 18.7 Å². The lowest BCUT2D eigenvalue weighted by Gasteiger charge is -2.11. The van der Waals surface area contributed by atoms with Gasteiger partial charge in [0.05, 0.1) is 11.3 Å². The number of carbonyl (C=O) groups is 2. The molecule has 3 aromatic heterocycles. The molecule has 4 aromatic rings. The first-order chi connectivity index (χ1) is 14.5. The number of ether oxygens (including phenoxy) is 1. The van der Waals surface area contributed by atoms with E-state index in [4.69, 9.17) is 9.15 Å². The molecule has 0 atom stereocenters. The lowest BCUT2D eigenvalue weighted by molar-refractivity contribution is -0.114. The lowest BCUT2D eigenvalue weighted by Crippen LogP contribution is -2.14. The minimum atomic E-state index is -0.590. The first-order valence-electron chi connectivity index (χ1n) is 9.15. The predicted molar refractivity (Wildman–Crippen MR) is 106 cm³/mol. The van der Waals surface area contributed by atoms with E-state index in [1.807, 2.05) is 6.92 Å². The molecule has 0 radical (unpaired) electrons. The first kappa shape index (κ1) is 19.2. The van der Waals surface area contributed by atoms with Crippen LogP contribution < -0.4 is 10.9 Å². The van der Waals surface area contributed by atoms with Gasteiger partial charge in [0.2, 0.25) is 5.91 Å². The third-order valence-electron chi connectivity index (χ3n) is 4.47. The minimum Gasteiger partial charge on any atom is -0.457 e. The zero-order valence-corrected chi connectivity index (χ0v) is 16.2. The number of esters is 1. The summed E-state index contributed by atoms with van der Waals surface area (Å²) in [5, 5.41) is 7.30. The van der Waals surface area contributed by atoms with Crippen LogP contribution >= 0.6 is 0 Å². The highest BCUT2D eigenvalue weighted by Gasteiger charge is 2.18. The van der Waals surface area contributed by atoms with E-state index >= 15 is 0 Å². The van der Waals surface area contributed by atoms with Gasteiger partial charge in [-0.15, -0.1) is 0 Å². The highest BCUT2D eigenvalue weighted by molar-refractivity contribution is 5.93. The molecule has 0 aliphatic rings. The van der Waals surface area contributed by atoms with Crippen molar-refractivity contribution in [1.82, 2.24) is 19.6 Å². The summed E-state index contributed by atoms with van der Waals surface area (Å²) in [4.78, 5) is 44.0. The van der Waals surface area contributed by atoms with Crippen molar-refractivity contribution in [3.63, 3.8) is 0 Å². The van der Waals surface area contributed by atoms with Gasteiger partial charge in [-0.05, 0) is 18.6 Å². The Morgan fingerprint density at radius 2 is 2.07 bits per heavy atom. The van der Waals surface area contributed by atoms with E-state index in [2.05, 4.69) is 20.4 Å². The Hall–Kier alpha value is -4.08. The Balaban J connectivity index is 1.62. The Labute approximate surface area is 169 Å². The van der Waals surface area contributed by atoms with Gasteiger partial charge in [-0.3, -0.25) is 4.79 Å². The molecule has 0 aliphatic carbocycles. The van der Waals surface area contributed by atoms with Gasteiger partial charge in [-0.1, -0.05) is 6.92 Å². The Morgan fingerprint density at radius 3 is 2.83 bits per heavy atom. The van der Waals surface area contributed by atoms with Crippen molar-refractivity contribution in [3.05, 3.63) is 64.0 Å². The number of amides is 1. The Bertz CT molecular complexity index is 1340. The Morgan fingerprint density at radius 1 is 1.23 bits per heavy atom. The van der Waals surface area contributed by atoms with Gasteiger partial charge in [0.25, 0.3) is 5.78 Å². The van der Waals surface area contributed by atoms with Crippen molar-refractivity contribution in [2.75, 3.05) is 5.32 Å². The van der Waals surface area contributed by atoms with Crippen LogP contribution in [0.1, 0.15) is 35.5 Å². The SMILES string of the molecule is CCc1c(C(=O)OCc2cc(=O)oc3cc(NC(C)=O)ccc23)cnc2ncnn12. The minimum absolute atomic E-state index is 0.140. The molecular formula is C20H17N5O5. The van der Waals surface area contributed by atoms with Gasteiger partial charge in [-0.25, -0.2) is 19.1 Å². The normalized spacial score (nSPS) is 11.0. The number of carbonyl (C=O) groups excluding carboxylic acids is 2. The molecule has 1 amide bonds. The van der Waals surface area contributed by atoms with Gasteiger partial charge in [0.1, 0.15) is 18.5 Å². The number of fused-ring (bicyclic) bond motifs is 2. The third kappa shape index (κ3) is 3.62. The van der Waals surface area contributed by atoms with Crippen LogP contribution in [0.5, 0.6) is 0 Å². The van der Waals surface area contributed by atoms with E-state index in [9.17, 15) is 14.4 Å². The first-order valence-corrected chi connectivity index (χ1v) is 9.15. The van der Waals surface area contributed by atoms with Gasteiger partial charge in [0.15, 0.2) is 0 Å². The maximum Gasteiger partial charge on any atom is 0.341 e. The van der Waals surface area contributed by atoms with E-state index in [1.165, 1.54) is 30.0 Å². The molecule has 1 aromatic carbocycles. The van der Waals surface area contributed by atoms with E-state index in [-0.39, 0.29) is 23.7 Å². The zero-order valence-electron chi connectivity index (χ0n) is 16.2. The van der Waals surface area contributed by atoms with Gasteiger partial charge < -0.3 is 14.5 Å². The molecular weight excluding hydrogens is 390 g/mol. The largest absolute Gasteiger partial charge is 0.457 e. The third-order valence-corrected chi connectivity index (χ3v) is 4.47. The second-order valence-corrected chi connectivity index (χ2v) is 6.50. The summed E-state index contributed by atoms with van der Waals surface area (Å²) in [6.07, 6.45) is 3.29. The van der Waals surface area contributed by atoms with Crippen molar-refractivity contribution in [2.24, 2.45) is 0 Å². The molecule has 152 valence electrons. The number of anilines is 1. The summed E-state index contributed by atoms with van der Waals surface area (Å²) < 4.78 is 12.2. The van der Waals surface area contributed by atoms with Crippen LogP contribution in [0, 0.1) is 0 Å². The number of aryl methyl sites for hydroxylation is 1. The molecule has 10 nitrogen and oxygen atoms in total. The van der Waals surface area contributed by atoms with Crippen LogP contribution in [0.4, 0.5) is 5.69 Å². The summed E-state index contributed by atoms with van der Waals surface area (Å²) in [5.74, 6) is -0.440. The molecule has 0 saturated heterocycles. The molecule has 4 rings (SSSR count). The lowest BCUT2D eigenvalue weighted by atomic mass is 10.1. The summed E-state index contributed by atoms with van der Waals surface area (Å²) in [6, 6.07) is 6.18. The fourth-order valence-electron chi connectivity index (χ4n) is 3.19. The number of aromatic nitrogens is 4. The molecule has 0 spiro atoms. The second kappa shape index (κ2) is 7.74. The molecule has 0 aliphatic heterocycles. The molecule has 3 heterocycles. The molecule has 10 heteroatoms. The van der Waals surface area contributed by atoms with Crippen LogP contribution in [-0.4, -0.2) is 31.5 Å². The molecule has 0 saturated carbocycles. The highest BCUT2D eigenvalue weighted by atomic mass is 16.5. The summed E-state index contributed by atoms with van der Waals surface area (Å²) in [5.41, 5.74) is 1.56. The van der Waals surface area contributed by atoms with Crippen molar-refractivity contribution in [3.8, 4) is 0 Å². The van der Waals surface area contributed by atoms with E-state index in [1.54, 1.807) is 18.2 Å². The average Bonchev–Trinajstić information content (AvgIpc) is 3.19. The van der Waals surface area contributed by atoms with E-state index in [0.29, 0.717) is 34.5 Å². The maximum atomic E-state index is 12.7. The van der Waals surface area contributed by atoms with Crippen LogP contribution in [0.3, 0.4) is 0 Å². The molecule has 30 heavy (non-hydrogen) atoms.